The maximum absolute atomic E-state index is 11.8. The van der Waals surface area contributed by atoms with Crippen LogP contribution in [0.25, 0.3) is 6.08 Å². The number of anilines is 1. The quantitative estimate of drug-likeness (QED) is 0.828. The average molecular weight is 346 g/mol. The molecule has 0 saturated heterocycles. The van der Waals surface area contributed by atoms with Crippen LogP contribution in [-0.2, 0) is 4.79 Å². The second-order valence-electron chi connectivity index (χ2n) is 4.23. The zero-order valence-corrected chi connectivity index (χ0v) is 12.5. The van der Waals surface area contributed by atoms with Gasteiger partial charge in [0.05, 0.1) is 5.56 Å². The molecule has 0 heterocycles. The smallest absolute Gasteiger partial charge is 0.336 e. The van der Waals surface area contributed by atoms with Gasteiger partial charge in [-0.2, -0.15) is 0 Å². The predicted octanol–water partition coefficient (Wildman–Crippen LogP) is 3.80. The minimum Gasteiger partial charge on any atom is -0.478 e. The van der Waals surface area contributed by atoms with E-state index in [-0.39, 0.29) is 11.5 Å². The molecule has 0 aliphatic heterocycles. The first-order valence-electron chi connectivity index (χ1n) is 6.13. The van der Waals surface area contributed by atoms with Gasteiger partial charge in [-0.05, 0) is 45.8 Å². The number of aromatic carboxylic acids is 1. The van der Waals surface area contributed by atoms with Gasteiger partial charge in [-0.25, -0.2) is 4.79 Å². The van der Waals surface area contributed by atoms with Gasteiger partial charge >= 0.3 is 5.97 Å². The number of hydrogen-bond acceptors (Lipinski definition) is 2. The summed E-state index contributed by atoms with van der Waals surface area (Å²) in [5, 5.41) is 11.6. The van der Waals surface area contributed by atoms with Crippen LogP contribution in [0, 0.1) is 0 Å². The lowest BCUT2D eigenvalue weighted by molar-refractivity contribution is -0.111. The molecule has 21 heavy (non-hydrogen) atoms. The van der Waals surface area contributed by atoms with Crippen molar-refractivity contribution in [2.24, 2.45) is 0 Å². The molecule has 0 saturated carbocycles. The Morgan fingerprint density at radius 2 is 1.81 bits per heavy atom. The zero-order chi connectivity index (χ0) is 15.2. The average Bonchev–Trinajstić information content (AvgIpc) is 2.48. The van der Waals surface area contributed by atoms with Crippen LogP contribution in [0.1, 0.15) is 15.9 Å². The number of benzene rings is 2. The summed E-state index contributed by atoms with van der Waals surface area (Å²) in [5.41, 5.74) is 1.44. The normalized spacial score (nSPS) is 10.5. The van der Waals surface area contributed by atoms with Gasteiger partial charge in [0.15, 0.2) is 0 Å². The number of carbonyl (C=O) groups excluding carboxylic acids is 1. The predicted molar refractivity (Wildman–Crippen MR) is 85.2 cm³/mol. The summed E-state index contributed by atoms with van der Waals surface area (Å²) < 4.78 is 0.466. The number of nitrogens with one attached hydrogen (secondary N) is 1. The van der Waals surface area contributed by atoms with E-state index in [1.54, 1.807) is 18.2 Å². The summed E-state index contributed by atoms with van der Waals surface area (Å²) in [7, 11) is 0. The Balaban J connectivity index is 2.08. The number of amides is 1. The Hall–Kier alpha value is -2.40. The topological polar surface area (TPSA) is 66.4 Å². The first-order chi connectivity index (χ1) is 10.1. The fourth-order valence-corrected chi connectivity index (χ4v) is 2.10. The summed E-state index contributed by atoms with van der Waals surface area (Å²) in [6, 6.07) is 14.0. The lowest BCUT2D eigenvalue weighted by Crippen LogP contribution is -2.09. The molecule has 0 fully saturated rings. The van der Waals surface area contributed by atoms with E-state index in [4.69, 9.17) is 5.11 Å². The van der Waals surface area contributed by atoms with Crippen LogP contribution < -0.4 is 5.32 Å². The molecule has 106 valence electrons. The minimum atomic E-state index is -1.06. The fraction of sp³-hybridized carbons (Fsp3) is 0. The van der Waals surface area contributed by atoms with Crippen LogP contribution in [0.4, 0.5) is 5.69 Å². The van der Waals surface area contributed by atoms with Crippen molar-refractivity contribution in [2.75, 3.05) is 5.32 Å². The molecule has 0 aromatic heterocycles. The summed E-state index contributed by atoms with van der Waals surface area (Å²) >= 11 is 3.15. The van der Waals surface area contributed by atoms with Crippen molar-refractivity contribution in [3.05, 3.63) is 70.2 Å². The Kier molecular flexibility index (Phi) is 4.90. The summed E-state index contributed by atoms with van der Waals surface area (Å²) in [5.74, 6) is -1.38. The van der Waals surface area contributed by atoms with Gasteiger partial charge in [0.25, 0.3) is 0 Å². The minimum absolute atomic E-state index is 0.0971. The number of hydrogen-bond donors (Lipinski definition) is 2. The van der Waals surface area contributed by atoms with Crippen molar-refractivity contribution in [3.8, 4) is 0 Å². The molecule has 0 unspecified atom stereocenters. The molecule has 2 aromatic rings. The van der Waals surface area contributed by atoms with Crippen LogP contribution in [0.3, 0.4) is 0 Å². The van der Waals surface area contributed by atoms with Gasteiger partial charge in [-0.3, -0.25) is 4.79 Å². The largest absolute Gasteiger partial charge is 0.478 e. The van der Waals surface area contributed by atoms with Crippen molar-refractivity contribution in [1.82, 2.24) is 0 Å². The van der Waals surface area contributed by atoms with Gasteiger partial charge in [-0.1, -0.05) is 30.3 Å². The van der Waals surface area contributed by atoms with Gasteiger partial charge in [0, 0.05) is 16.2 Å². The second kappa shape index (κ2) is 6.85. The van der Waals surface area contributed by atoms with E-state index in [0.29, 0.717) is 10.2 Å². The summed E-state index contributed by atoms with van der Waals surface area (Å²) in [4.78, 5) is 22.8. The van der Waals surface area contributed by atoms with E-state index in [1.807, 2.05) is 30.3 Å². The van der Waals surface area contributed by atoms with E-state index in [0.717, 1.165) is 5.56 Å². The molecule has 5 heteroatoms. The molecule has 1 amide bonds. The van der Waals surface area contributed by atoms with Crippen molar-refractivity contribution in [1.29, 1.82) is 0 Å². The third-order valence-corrected chi connectivity index (χ3v) is 3.38. The number of carboxylic acids is 1. The van der Waals surface area contributed by atoms with E-state index in [9.17, 15) is 9.59 Å². The Bertz CT molecular complexity index is 696. The van der Waals surface area contributed by atoms with Crippen LogP contribution >= 0.6 is 15.9 Å². The first-order valence-corrected chi connectivity index (χ1v) is 6.92. The van der Waals surface area contributed by atoms with E-state index in [2.05, 4.69) is 21.2 Å². The molecule has 0 radical (unpaired) electrons. The lowest BCUT2D eigenvalue weighted by Gasteiger charge is -2.05. The lowest BCUT2D eigenvalue weighted by atomic mass is 10.2. The number of rotatable bonds is 4. The molecular weight excluding hydrogens is 334 g/mol. The highest BCUT2D eigenvalue weighted by molar-refractivity contribution is 9.10. The Morgan fingerprint density at radius 3 is 2.48 bits per heavy atom. The van der Waals surface area contributed by atoms with E-state index >= 15 is 0 Å². The molecule has 0 atom stereocenters. The summed E-state index contributed by atoms with van der Waals surface area (Å²) in [6.45, 7) is 0. The van der Waals surface area contributed by atoms with E-state index in [1.165, 1.54) is 12.1 Å². The van der Waals surface area contributed by atoms with Gasteiger partial charge in [0.1, 0.15) is 0 Å². The van der Waals surface area contributed by atoms with Gasteiger partial charge < -0.3 is 10.4 Å². The molecule has 0 bridgehead atoms. The number of carbonyl (C=O) groups is 2. The first kappa shape index (κ1) is 15.0. The van der Waals surface area contributed by atoms with Gasteiger partial charge in [-0.15, -0.1) is 0 Å². The highest BCUT2D eigenvalue weighted by Gasteiger charge is 2.09. The molecule has 0 aliphatic carbocycles. The third kappa shape index (κ3) is 4.29. The molecule has 4 nitrogen and oxygen atoms in total. The molecular formula is C16H12BrNO3. The Labute approximate surface area is 130 Å². The van der Waals surface area contributed by atoms with Crippen LogP contribution in [0.2, 0.25) is 0 Å². The highest BCUT2D eigenvalue weighted by Crippen LogP contribution is 2.21. The molecule has 0 spiro atoms. The van der Waals surface area contributed by atoms with Crippen molar-refractivity contribution in [2.45, 2.75) is 0 Å². The molecule has 2 rings (SSSR count). The molecule has 0 aliphatic rings. The van der Waals surface area contributed by atoms with Crippen LogP contribution in [0.5, 0.6) is 0 Å². The second-order valence-corrected chi connectivity index (χ2v) is 5.09. The van der Waals surface area contributed by atoms with Crippen molar-refractivity contribution < 1.29 is 14.7 Å². The summed E-state index contributed by atoms with van der Waals surface area (Å²) in [6.07, 6.45) is 3.09. The Morgan fingerprint density at radius 1 is 1.10 bits per heavy atom. The van der Waals surface area contributed by atoms with Crippen LogP contribution in [-0.4, -0.2) is 17.0 Å². The van der Waals surface area contributed by atoms with Gasteiger partial charge in [0.2, 0.25) is 5.91 Å². The SMILES string of the molecule is O=C(/C=C/c1ccccc1)Nc1ccc(Br)c(C(=O)O)c1. The molecule has 2 N–H and O–H groups in total. The van der Waals surface area contributed by atoms with Crippen molar-refractivity contribution in [3.63, 3.8) is 0 Å². The number of carboxylic acid groups (broad SMARTS) is 1. The van der Waals surface area contributed by atoms with E-state index < -0.39 is 5.97 Å². The third-order valence-electron chi connectivity index (χ3n) is 2.69. The molecule has 2 aromatic carbocycles. The highest BCUT2D eigenvalue weighted by atomic mass is 79.9. The maximum Gasteiger partial charge on any atom is 0.336 e. The standard InChI is InChI=1S/C16H12BrNO3/c17-14-8-7-12(10-13(14)16(20)21)18-15(19)9-6-11-4-2-1-3-5-11/h1-10H,(H,18,19)(H,20,21)/b9-6+. The van der Waals surface area contributed by atoms with Crippen LogP contribution in [0.15, 0.2) is 59.1 Å². The monoisotopic (exact) mass is 345 g/mol. The maximum atomic E-state index is 11.8. The van der Waals surface area contributed by atoms with Crippen molar-refractivity contribution >= 4 is 39.6 Å². The fourth-order valence-electron chi connectivity index (χ4n) is 1.69. The zero-order valence-electron chi connectivity index (χ0n) is 10.9. The number of halogens is 1.